The highest BCUT2D eigenvalue weighted by Gasteiger charge is 2.27. The molecule has 1 aliphatic heterocycles. The van der Waals surface area contributed by atoms with E-state index in [2.05, 4.69) is 36.2 Å². The number of carbonyl (C=O) groups is 1. The fraction of sp³-hybridized carbons (Fsp3) is 0.250. The van der Waals surface area contributed by atoms with Gasteiger partial charge in [-0.1, -0.05) is 42.5 Å². The Morgan fingerprint density at radius 3 is 2.40 bits per heavy atom. The highest BCUT2D eigenvalue weighted by molar-refractivity contribution is 7.80. The predicted molar refractivity (Wildman–Crippen MR) is 145 cm³/mol. The van der Waals surface area contributed by atoms with Crippen molar-refractivity contribution in [3.05, 3.63) is 95.6 Å². The van der Waals surface area contributed by atoms with E-state index in [0.717, 1.165) is 42.4 Å². The minimum Gasteiger partial charge on any atom is -0.456 e. The number of fused-ring (bicyclic) bond motifs is 1. The average Bonchev–Trinajstić information content (AvgIpc) is 3.25. The molecule has 2 N–H and O–H groups in total. The van der Waals surface area contributed by atoms with Crippen molar-refractivity contribution in [3.63, 3.8) is 0 Å². The summed E-state index contributed by atoms with van der Waals surface area (Å²) >= 11 is 5.55. The van der Waals surface area contributed by atoms with E-state index in [4.69, 9.17) is 21.9 Å². The van der Waals surface area contributed by atoms with Crippen LogP contribution in [0.3, 0.4) is 0 Å². The quantitative estimate of drug-likeness (QED) is 0.373. The van der Waals surface area contributed by atoms with Gasteiger partial charge in [-0.25, -0.2) is 9.79 Å². The number of hydrogen-bond acceptors (Lipinski definition) is 3. The molecule has 180 valence electrons. The first-order valence-corrected chi connectivity index (χ1v) is 12.4. The van der Waals surface area contributed by atoms with Crippen LogP contribution in [0.15, 0.2) is 83.9 Å². The van der Waals surface area contributed by atoms with Crippen LogP contribution >= 0.6 is 12.2 Å². The number of hydrogen-bond donors (Lipinski definition) is 2. The molecule has 3 aromatic carbocycles. The maximum Gasteiger partial charge on any atom is 0.338 e. The van der Waals surface area contributed by atoms with Gasteiger partial charge in [0.05, 0.1) is 25.2 Å². The van der Waals surface area contributed by atoms with Gasteiger partial charge in [0.2, 0.25) is 0 Å². The summed E-state index contributed by atoms with van der Waals surface area (Å²) in [5.74, 6) is 0.487. The van der Waals surface area contributed by atoms with Gasteiger partial charge in [0.15, 0.2) is 5.11 Å². The molecule has 0 saturated carbocycles. The van der Waals surface area contributed by atoms with E-state index in [0.29, 0.717) is 23.8 Å². The number of rotatable bonds is 8. The molecule has 0 saturated heterocycles. The standard InChI is InChI=1S/C28H30N4O2S/c1-3-31(4-2)18-19-34-27(33)21-14-16-24(17-15-21)32-20-22-10-8-9-13-25(22)26(32)30-28(35)29-23-11-6-5-7-12-23/h5-17H,3-4,18-20H2,1-2H3,(H,29,35)/p+1. The Morgan fingerprint density at radius 1 is 1.00 bits per heavy atom. The largest absolute Gasteiger partial charge is 0.456 e. The number of esters is 1. The summed E-state index contributed by atoms with van der Waals surface area (Å²) in [7, 11) is 0. The fourth-order valence-electron chi connectivity index (χ4n) is 4.12. The molecule has 0 aromatic heterocycles. The van der Waals surface area contributed by atoms with Gasteiger partial charge in [0.1, 0.15) is 19.0 Å². The van der Waals surface area contributed by atoms with Gasteiger partial charge < -0.3 is 19.9 Å². The zero-order valence-corrected chi connectivity index (χ0v) is 21.0. The van der Waals surface area contributed by atoms with Crippen LogP contribution in [0.4, 0.5) is 11.4 Å². The van der Waals surface area contributed by atoms with E-state index in [-0.39, 0.29) is 5.97 Å². The fourth-order valence-corrected chi connectivity index (χ4v) is 4.33. The van der Waals surface area contributed by atoms with Crippen molar-refractivity contribution in [2.45, 2.75) is 20.4 Å². The second-order valence-corrected chi connectivity index (χ2v) is 8.75. The summed E-state index contributed by atoms with van der Waals surface area (Å²) < 4.78 is 5.49. The number of ether oxygens (including phenoxy) is 1. The molecule has 3 aromatic rings. The lowest BCUT2D eigenvalue weighted by Crippen LogP contribution is -3.11. The van der Waals surface area contributed by atoms with E-state index in [1.54, 1.807) is 0 Å². The number of nitrogens with zero attached hydrogens (tertiary/aromatic N) is 2. The lowest BCUT2D eigenvalue weighted by molar-refractivity contribution is -0.896. The van der Waals surface area contributed by atoms with E-state index in [1.807, 2.05) is 66.7 Å². The van der Waals surface area contributed by atoms with Crippen molar-refractivity contribution in [3.8, 4) is 0 Å². The van der Waals surface area contributed by atoms with Gasteiger partial charge >= 0.3 is 5.97 Å². The average molecular weight is 488 g/mol. The van der Waals surface area contributed by atoms with Gasteiger partial charge in [-0.2, -0.15) is 0 Å². The van der Waals surface area contributed by atoms with E-state index >= 15 is 0 Å². The Hall–Kier alpha value is -3.55. The number of carbonyl (C=O) groups excluding carboxylic acids is 1. The lowest BCUT2D eigenvalue weighted by Gasteiger charge is -2.20. The molecule has 1 heterocycles. The molecule has 35 heavy (non-hydrogen) atoms. The molecule has 1 aliphatic rings. The van der Waals surface area contributed by atoms with Crippen molar-refractivity contribution in [1.82, 2.24) is 0 Å². The zero-order chi connectivity index (χ0) is 24.6. The number of amidine groups is 1. The van der Waals surface area contributed by atoms with Crippen LogP contribution in [-0.2, 0) is 11.3 Å². The maximum absolute atomic E-state index is 12.5. The van der Waals surface area contributed by atoms with Crippen LogP contribution < -0.4 is 15.1 Å². The summed E-state index contributed by atoms with van der Waals surface area (Å²) in [6.45, 7) is 8.24. The number of likely N-dealkylation sites (N-methyl/N-ethyl adjacent to an activating group) is 1. The summed E-state index contributed by atoms with van der Waals surface area (Å²) in [5, 5.41) is 3.58. The monoisotopic (exact) mass is 487 g/mol. The smallest absolute Gasteiger partial charge is 0.338 e. The molecule has 6 nitrogen and oxygen atoms in total. The lowest BCUT2D eigenvalue weighted by atomic mass is 10.1. The third-order valence-corrected chi connectivity index (χ3v) is 6.37. The molecule has 4 rings (SSSR count). The minimum absolute atomic E-state index is 0.296. The number of nitrogens with one attached hydrogen (secondary N) is 2. The predicted octanol–water partition coefficient (Wildman–Crippen LogP) is 3.93. The Labute approximate surface area is 212 Å². The van der Waals surface area contributed by atoms with Crippen LogP contribution in [0.2, 0.25) is 0 Å². The van der Waals surface area contributed by atoms with Crippen molar-refractivity contribution in [1.29, 1.82) is 0 Å². The Bertz CT molecular complexity index is 1190. The summed E-state index contributed by atoms with van der Waals surface area (Å²) in [6, 6.07) is 25.4. The molecule has 0 bridgehead atoms. The van der Waals surface area contributed by atoms with Gasteiger partial charge in [0.25, 0.3) is 0 Å². The molecular formula is C28H31N4O2S+. The molecule has 0 fully saturated rings. The summed E-state index contributed by atoms with van der Waals surface area (Å²) in [6.07, 6.45) is 0. The molecule has 0 unspecified atom stereocenters. The first kappa shape index (κ1) is 24.6. The number of benzene rings is 3. The van der Waals surface area contributed by atoms with Crippen LogP contribution in [0, 0.1) is 0 Å². The minimum atomic E-state index is -0.296. The molecule has 7 heteroatoms. The molecule has 0 spiro atoms. The van der Waals surface area contributed by atoms with Crippen LogP contribution in [0.1, 0.15) is 35.3 Å². The number of para-hydroxylation sites is 1. The summed E-state index contributed by atoms with van der Waals surface area (Å²) in [5.41, 5.74) is 4.60. The Kier molecular flexibility index (Phi) is 8.23. The highest BCUT2D eigenvalue weighted by Crippen LogP contribution is 2.29. The molecule has 0 amide bonds. The molecule has 0 radical (unpaired) electrons. The van der Waals surface area contributed by atoms with Crippen molar-refractivity contribution in [2.24, 2.45) is 4.99 Å². The van der Waals surface area contributed by atoms with Gasteiger partial charge in [-0.15, -0.1) is 0 Å². The number of anilines is 2. The van der Waals surface area contributed by atoms with Crippen LogP contribution in [0.5, 0.6) is 0 Å². The SMILES string of the molecule is CC[NH+](CC)CCOC(=O)c1ccc(N2Cc3ccccc3C2=NC(=S)Nc2ccccc2)cc1. The van der Waals surface area contributed by atoms with Crippen LogP contribution in [-0.4, -0.2) is 43.2 Å². The topological polar surface area (TPSA) is 58.4 Å². The van der Waals surface area contributed by atoms with Gasteiger partial charge in [-0.05, 0) is 68.0 Å². The number of aliphatic imine (C=N–C) groups is 1. The van der Waals surface area contributed by atoms with Crippen molar-refractivity contribution in [2.75, 3.05) is 36.5 Å². The highest BCUT2D eigenvalue weighted by atomic mass is 32.1. The number of thiocarbonyl (C=S) groups is 1. The van der Waals surface area contributed by atoms with E-state index in [9.17, 15) is 4.79 Å². The van der Waals surface area contributed by atoms with Crippen molar-refractivity contribution < 1.29 is 14.4 Å². The van der Waals surface area contributed by atoms with Crippen LogP contribution in [0.25, 0.3) is 0 Å². The number of quaternary nitrogens is 1. The third kappa shape index (κ3) is 6.12. The Morgan fingerprint density at radius 2 is 1.69 bits per heavy atom. The normalized spacial score (nSPS) is 13.7. The molecule has 0 atom stereocenters. The second-order valence-electron chi connectivity index (χ2n) is 8.36. The summed E-state index contributed by atoms with van der Waals surface area (Å²) in [4.78, 5) is 20.8. The Balaban J connectivity index is 1.49. The molecular weight excluding hydrogens is 456 g/mol. The first-order chi connectivity index (χ1) is 17.1. The van der Waals surface area contributed by atoms with E-state index in [1.165, 1.54) is 10.5 Å². The van der Waals surface area contributed by atoms with Gasteiger partial charge in [0, 0.05) is 16.9 Å². The van der Waals surface area contributed by atoms with Crippen molar-refractivity contribution >= 4 is 40.5 Å². The first-order valence-electron chi connectivity index (χ1n) is 12.0. The van der Waals surface area contributed by atoms with Gasteiger partial charge in [-0.3, -0.25) is 0 Å². The zero-order valence-electron chi connectivity index (χ0n) is 20.2. The maximum atomic E-state index is 12.5. The second kappa shape index (κ2) is 11.7. The third-order valence-electron chi connectivity index (χ3n) is 6.18. The molecule has 0 aliphatic carbocycles. The van der Waals surface area contributed by atoms with E-state index < -0.39 is 0 Å².